The number of piperidine rings is 1. The number of hydroxylamine groups is 2. The number of nitrogens with zero attached hydrogens (tertiary/aromatic N) is 2. The first-order valence-electron chi connectivity index (χ1n) is 5.17. The van der Waals surface area contributed by atoms with Gasteiger partial charge in [-0.15, -0.1) is 0 Å². The lowest BCUT2D eigenvalue weighted by molar-refractivity contribution is -0.125. The first kappa shape index (κ1) is 10.2. The molecule has 2 saturated heterocycles. The average Bonchev–Trinajstić information content (AvgIpc) is 2.44. The van der Waals surface area contributed by atoms with Crippen LogP contribution in [-0.2, 0) is 9.63 Å². The van der Waals surface area contributed by atoms with Crippen LogP contribution in [0.1, 0.15) is 19.8 Å². The molecule has 2 aliphatic heterocycles. The number of amides is 3. The second-order valence-corrected chi connectivity index (χ2v) is 3.83. The van der Waals surface area contributed by atoms with Crippen LogP contribution in [0.15, 0.2) is 0 Å². The lowest BCUT2D eigenvalue weighted by Gasteiger charge is -2.27. The first-order chi connectivity index (χ1) is 7.15. The van der Waals surface area contributed by atoms with E-state index in [1.165, 1.54) is 9.96 Å². The maximum absolute atomic E-state index is 11.8. The summed E-state index contributed by atoms with van der Waals surface area (Å²) in [5.41, 5.74) is 5.24. The number of carbonyl (C=O) groups excluding carboxylic acids is 2. The molecule has 0 aliphatic carbocycles. The maximum atomic E-state index is 11.8. The molecule has 2 aliphatic rings. The van der Waals surface area contributed by atoms with Crippen molar-refractivity contribution in [3.8, 4) is 0 Å². The molecule has 2 bridgehead atoms. The highest BCUT2D eigenvalue weighted by Crippen LogP contribution is 2.29. The highest BCUT2D eigenvalue weighted by molar-refractivity contribution is 5.87. The Morgan fingerprint density at radius 3 is 2.93 bits per heavy atom. The van der Waals surface area contributed by atoms with Crippen molar-refractivity contribution in [1.82, 2.24) is 9.96 Å². The van der Waals surface area contributed by atoms with E-state index in [0.717, 1.165) is 6.42 Å². The molecule has 15 heavy (non-hydrogen) atoms. The third-order valence-corrected chi connectivity index (χ3v) is 2.92. The number of rotatable bonds is 3. The van der Waals surface area contributed by atoms with Crippen LogP contribution >= 0.6 is 0 Å². The number of carbonyl (C=O) groups is 2. The lowest BCUT2D eigenvalue weighted by atomic mass is 10.0. The second-order valence-electron chi connectivity index (χ2n) is 3.83. The van der Waals surface area contributed by atoms with Crippen molar-refractivity contribution in [3.63, 3.8) is 0 Å². The van der Waals surface area contributed by atoms with Crippen molar-refractivity contribution in [1.29, 1.82) is 0 Å². The van der Waals surface area contributed by atoms with Gasteiger partial charge in [-0.25, -0.2) is 4.79 Å². The summed E-state index contributed by atoms with van der Waals surface area (Å²) in [5.74, 6) is -0.430. The van der Waals surface area contributed by atoms with E-state index >= 15 is 0 Å². The van der Waals surface area contributed by atoms with Gasteiger partial charge in [-0.05, 0) is 19.8 Å². The minimum absolute atomic E-state index is 0.0769. The van der Waals surface area contributed by atoms with E-state index in [1.807, 2.05) is 6.92 Å². The lowest BCUT2D eigenvalue weighted by Crippen LogP contribution is -2.47. The first-order valence-corrected chi connectivity index (χ1v) is 5.17. The molecule has 0 saturated carbocycles. The standard InChI is InChI=1S/C9H15N3O3/c1-2-15-12-6-3-4-7(8(10)13)11(5-6)9(12)14/h6-7H,2-5H2,1H3,(H2,10,13)/t6-,7+/m1/s1. The normalized spacial score (nSPS) is 29.8. The molecule has 0 aromatic heterocycles. The molecule has 2 atom stereocenters. The Kier molecular flexibility index (Phi) is 2.52. The zero-order valence-electron chi connectivity index (χ0n) is 8.68. The van der Waals surface area contributed by atoms with Gasteiger partial charge in [0.25, 0.3) is 0 Å². The van der Waals surface area contributed by atoms with Gasteiger partial charge in [0, 0.05) is 6.54 Å². The third kappa shape index (κ3) is 1.54. The van der Waals surface area contributed by atoms with Gasteiger partial charge in [-0.1, -0.05) is 0 Å². The number of urea groups is 1. The molecule has 2 rings (SSSR count). The molecule has 0 aromatic carbocycles. The van der Waals surface area contributed by atoms with Crippen molar-refractivity contribution in [2.45, 2.75) is 31.8 Å². The summed E-state index contributed by atoms with van der Waals surface area (Å²) < 4.78 is 0. The Bertz CT molecular complexity index is 294. The number of hydrogen-bond donors (Lipinski definition) is 1. The fourth-order valence-corrected chi connectivity index (χ4v) is 2.23. The predicted molar refractivity (Wildman–Crippen MR) is 51.6 cm³/mol. The molecule has 2 fully saturated rings. The van der Waals surface area contributed by atoms with Crippen molar-refractivity contribution in [3.05, 3.63) is 0 Å². The summed E-state index contributed by atoms with van der Waals surface area (Å²) in [6.07, 6.45) is 1.41. The summed E-state index contributed by atoms with van der Waals surface area (Å²) in [7, 11) is 0. The summed E-state index contributed by atoms with van der Waals surface area (Å²) >= 11 is 0. The molecule has 0 spiro atoms. The van der Waals surface area contributed by atoms with Crippen LogP contribution in [0.4, 0.5) is 4.79 Å². The molecule has 6 nitrogen and oxygen atoms in total. The van der Waals surface area contributed by atoms with Crippen molar-refractivity contribution in [2.24, 2.45) is 5.73 Å². The smallest absolute Gasteiger partial charge is 0.345 e. The van der Waals surface area contributed by atoms with E-state index in [1.54, 1.807) is 0 Å². The van der Waals surface area contributed by atoms with Crippen molar-refractivity contribution >= 4 is 11.9 Å². The Labute approximate surface area is 87.9 Å². The predicted octanol–water partition coefficient (Wildman–Crippen LogP) is -0.308. The topological polar surface area (TPSA) is 75.9 Å². The van der Waals surface area contributed by atoms with Gasteiger partial charge >= 0.3 is 6.03 Å². The van der Waals surface area contributed by atoms with Gasteiger partial charge in [-0.2, -0.15) is 5.06 Å². The van der Waals surface area contributed by atoms with E-state index in [-0.39, 0.29) is 12.1 Å². The second kappa shape index (κ2) is 3.69. The van der Waals surface area contributed by atoms with E-state index in [0.29, 0.717) is 19.6 Å². The number of fused-ring (bicyclic) bond motifs is 2. The van der Waals surface area contributed by atoms with Crippen LogP contribution in [0.5, 0.6) is 0 Å². The average molecular weight is 213 g/mol. The molecule has 0 aromatic rings. The van der Waals surface area contributed by atoms with E-state index in [9.17, 15) is 9.59 Å². The van der Waals surface area contributed by atoms with Gasteiger partial charge in [0.05, 0.1) is 12.6 Å². The van der Waals surface area contributed by atoms with Crippen LogP contribution < -0.4 is 5.73 Å². The molecule has 2 N–H and O–H groups in total. The van der Waals surface area contributed by atoms with E-state index in [2.05, 4.69) is 0 Å². The van der Waals surface area contributed by atoms with Crippen LogP contribution in [-0.4, -0.2) is 47.1 Å². The minimum Gasteiger partial charge on any atom is -0.368 e. The number of primary amides is 1. The Morgan fingerprint density at radius 2 is 2.33 bits per heavy atom. The summed E-state index contributed by atoms with van der Waals surface area (Å²) in [6, 6.07) is -0.615. The molecule has 2 heterocycles. The van der Waals surface area contributed by atoms with Gasteiger partial charge in [0.15, 0.2) is 0 Å². The molecule has 0 radical (unpaired) electrons. The molecule has 6 heteroatoms. The molecular formula is C9H15N3O3. The van der Waals surface area contributed by atoms with E-state index < -0.39 is 11.9 Å². The molecule has 84 valence electrons. The monoisotopic (exact) mass is 213 g/mol. The fourth-order valence-electron chi connectivity index (χ4n) is 2.23. The highest BCUT2D eigenvalue weighted by atomic mass is 16.7. The number of hydrogen-bond acceptors (Lipinski definition) is 3. The SMILES string of the molecule is CCON1C(=O)N2C[C@H]1CC[C@H]2C(N)=O. The van der Waals surface area contributed by atoms with Crippen molar-refractivity contribution < 1.29 is 14.4 Å². The molecular weight excluding hydrogens is 198 g/mol. The highest BCUT2D eigenvalue weighted by Gasteiger charge is 2.47. The van der Waals surface area contributed by atoms with Crippen LogP contribution in [0.25, 0.3) is 0 Å². The molecule has 3 amide bonds. The maximum Gasteiger partial charge on any atom is 0.345 e. The Hall–Kier alpha value is -1.30. The van der Waals surface area contributed by atoms with Gasteiger partial charge < -0.3 is 10.6 Å². The zero-order chi connectivity index (χ0) is 11.0. The molecule has 0 unspecified atom stereocenters. The van der Waals surface area contributed by atoms with Crippen LogP contribution in [0.3, 0.4) is 0 Å². The van der Waals surface area contributed by atoms with Gasteiger partial charge in [-0.3, -0.25) is 9.63 Å². The fraction of sp³-hybridized carbons (Fsp3) is 0.778. The third-order valence-electron chi connectivity index (χ3n) is 2.92. The van der Waals surface area contributed by atoms with E-state index in [4.69, 9.17) is 10.6 Å². The van der Waals surface area contributed by atoms with Crippen LogP contribution in [0, 0.1) is 0 Å². The zero-order valence-corrected chi connectivity index (χ0v) is 8.68. The Balaban J connectivity index is 2.14. The minimum atomic E-state index is -0.459. The number of nitrogens with two attached hydrogens (primary N) is 1. The van der Waals surface area contributed by atoms with Crippen molar-refractivity contribution in [2.75, 3.05) is 13.2 Å². The van der Waals surface area contributed by atoms with Crippen LogP contribution in [0.2, 0.25) is 0 Å². The summed E-state index contributed by atoms with van der Waals surface area (Å²) in [5, 5.41) is 1.38. The van der Waals surface area contributed by atoms with Gasteiger partial charge in [0.2, 0.25) is 5.91 Å². The summed E-state index contributed by atoms with van der Waals surface area (Å²) in [6.45, 7) is 2.83. The van der Waals surface area contributed by atoms with Gasteiger partial charge in [0.1, 0.15) is 6.04 Å². The summed E-state index contributed by atoms with van der Waals surface area (Å²) in [4.78, 5) is 29.7. The Morgan fingerprint density at radius 1 is 1.60 bits per heavy atom. The largest absolute Gasteiger partial charge is 0.368 e. The quantitative estimate of drug-likeness (QED) is 0.698.